The van der Waals surface area contributed by atoms with E-state index in [0.717, 1.165) is 12.8 Å². The normalized spacial score (nSPS) is 17.4. The molecule has 1 rings (SSSR count). The molecule has 0 unspecified atom stereocenters. The van der Waals surface area contributed by atoms with Crippen LogP contribution in [-0.4, -0.2) is 47.9 Å². The molecule has 1 aliphatic carbocycles. The molecule has 0 aromatic heterocycles. The molecule has 0 bridgehead atoms. The van der Waals surface area contributed by atoms with Crippen molar-refractivity contribution in [1.82, 2.24) is 0 Å². The zero-order valence-corrected chi connectivity index (χ0v) is 8.69. The first kappa shape index (κ1) is 13.8. The zero-order chi connectivity index (χ0) is 10.6. The fourth-order valence-electron chi connectivity index (χ4n) is 1.31. The number of aliphatic hydroxyl groups is 3. The van der Waals surface area contributed by atoms with Crippen LogP contribution in [0, 0.1) is 0 Å². The molecule has 0 amide bonds. The smallest absolute Gasteiger partial charge is 0.0698 e. The van der Waals surface area contributed by atoms with Gasteiger partial charge in [0.2, 0.25) is 0 Å². The summed E-state index contributed by atoms with van der Waals surface area (Å²) in [5.74, 6) is 0. The Balaban J connectivity index is 0.000000241. The first-order valence-electron chi connectivity index (χ1n) is 5.28. The highest BCUT2D eigenvalue weighted by Gasteiger charge is 2.07. The summed E-state index contributed by atoms with van der Waals surface area (Å²) in [4.78, 5) is 0. The molecule has 0 saturated heterocycles. The molecule has 3 N–H and O–H groups in total. The lowest BCUT2D eigenvalue weighted by Crippen LogP contribution is -2.09. The summed E-state index contributed by atoms with van der Waals surface area (Å²) in [6, 6.07) is 0. The van der Waals surface area contributed by atoms with Gasteiger partial charge in [0, 0.05) is 0 Å². The van der Waals surface area contributed by atoms with Crippen molar-refractivity contribution in [3.05, 3.63) is 0 Å². The van der Waals surface area contributed by atoms with Crippen LogP contribution in [0.2, 0.25) is 0 Å². The van der Waals surface area contributed by atoms with Gasteiger partial charge in [-0.05, 0) is 12.8 Å². The van der Waals surface area contributed by atoms with Crippen molar-refractivity contribution in [2.45, 2.75) is 38.2 Å². The fraction of sp³-hybridized carbons (Fsp3) is 1.00. The molecule has 1 saturated carbocycles. The summed E-state index contributed by atoms with van der Waals surface area (Å²) in [5, 5.41) is 25.1. The van der Waals surface area contributed by atoms with Crippen molar-refractivity contribution < 1.29 is 20.1 Å². The molecular weight excluding hydrogens is 184 g/mol. The Labute approximate surface area is 85.5 Å². The second-order valence-electron chi connectivity index (χ2n) is 3.35. The molecule has 0 atom stereocenters. The minimum atomic E-state index is 0.0278. The second-order valence-corrected chi connectivity index (χ2v) is 3.35. The van der Waals surface area contributed by atoms with Crippen molar-refractivity contribution in [1.29, 1.82) is 0 Å². The van der Waals surface area contributed by atoms with Gasteiger partial charge in [0.25, 0.3) is 0 Å². The van der Waals surface area contributed by atoms with Crippen molar-refractivity contribution in [3.8, 4) is 0 Å². The first-order chi connectivity index (χ1) is 6.81. The standard InChI is InChI=1S/C6H12O.C4H10O3/c7-6-4-2-1-3-5-6;5-1-3-7-4-2-6/h6-7H,1-5H2;5-6H,1-4H2. The molecule has 86 valence electrons. The third-order valence-corrected chi connectivity index (χ3v) is 2.05. The molecule has 0 aromatic carbocycles. The van der Waals surface area contributed by atoms with Crippen LogP contribution >= 0.6 is 0 Å². The Morgan fingerprint density at radius 3 is 1.71 bits per heavy atom. The summed E-state index contributed by atoms with van der Waals surface area (Å²) in [6.07, 6.45) is 5.92. The second kappa shape index (κ2) is 10.9. The molecule has 0 heterocycles. The van der Waals surface area contributed by atoms with E-state index in [1.807, 2.05) is 0 Å². The molecule has 1 fully saturated rings. The molecule has 1 aliphatic rings. The molecule has 4 heteroatoms. The van der Waals surface area contributed by atoms with E-state index >= 15 is 0 Å². The minimum absolute atomic E-state index is 0.0278. The highest BCUT2D eigenvalue weighted by molar-refractivity contribution is 4.61. The van der Waals surface area contributed by atoms with Crippen molar-refractivity contribution in [2.24, 2.45) is 0 Å². The molecule has 0 spiro atoms. The van der Waals surface area contributed by atoms with Crippen LogP contribution in [0.15, 0.2) is 0 Å². The van der Waals surface area contributed by atoms with Gasteiger partial charge >= 0.3 is 0 Å². The third-order valence-electron chi connectivity index (χ3n) is 2.05. The summed E-state index contributed by atoms with van der Waals surface area (Å²) in [7, 11) is 0. The van der Waals surface area contributed by atoms with Gasteiger partial charge in [-0.15, -0.1) is 0 Å². The minimum Gasteiger partial charge on any atom is -0.394 e. The predicted molar refractivity (Wildman–Crippen MR) is 54.1 cm³/mol. The topological polar surface area (TPSA) is 69.9 Å². The Kier molecular flexibility index (Phi) is 10.8. The maximum atomic E-state index is 8.91. The summed E-state index contributed by atoms with van der Waals surface area (Å²) >= 11 is 0. The van der Waals surface area contributed by atoms with Crippen LogP contribution in [0.1, 0.15) is 32.1 Å². The van der Waals surface area contributed by atoms with Crippen LogP contribution < -0.4 is 0 Å². The van der Waals surface area contributed by atoms with Crippen molar-refractivity contribution in [2.75, 3.05) is 26.4 Å². The van der Waals surface area contributed by atoms with Gasteiger partial charge in [0.05, 0.1) is 32.5 Å². The SMILES string of the molecule is OC1CCCCC1.OCCOCCO. The van der Waals surface area contributed by atoms with E-state index in [4.69, 9.17) is 15.3 Å². The molecule has 0 aliphatic heterocycles. The highest BCUT2D eigenvalue weighted by atomic mass is 16.5. The quantitative estimate of drug-likeness (QED) is 0.579. The highest BCUT2D eigenvalue weighted by Crippen LogP contribution is 2.16. The summed E-state index contributed by atoms with van der Waals surface area (Å²) in [5.41, 5.74) is 0. The van der Waals surface area contributed by atoms with Crippen LogP contribution in [0.4, 0.5) is 0 Å². The van der Waals surface area contributed by atoms with Crippen molar-refractivity contribution >= 4 is 0 Å². The van der Waals surface area contributed by atoms with E-state index in [-0.39, 0.29) is 19.3 Å². The number of aliphatic hydroxyl groups excluding tert-OH is 3. The van der Waals surface area contributed by atoms with E-state index in [0.29, 0.717) is 13.2 Å². The lowest BCUT2D eigenvalue weighted by Gasteiger charge is -2.14. The Morgan fingerprint density at radius 1 is 0.929 bits per heavy atom. The van der Waals surface area contributed by atoms with Crippen LogP contribution in [-0.2, 0) is 4.74 Å². The first-order valence-corrected chi connectivity index (χ1v) is 5.28. The molecular formula is C10H22O4. The summed E-state index contributed by atoms with van der Waals surface area (Å²) < 4.78 is 4.63. The van der Waals surface area contributed by atoms with E-state index in [1.54, 1.807) is 0 Å². The number of hydrogen-bond acceptors (Lipinski definition) is 4. The monoisotopic (exact) mass is 206 g/mol. The summed E-state index contributed by atoms with van der Waals surface area (Å²) in [6.45, 7) is 0.696. The number of hydrogen-bond donors (Lipinski definition) is 3. The Bertz CT molecular complexity index is 98.3. The van der Waals surface area contributed by atoms with Crippen molar-refractivity contribution in [3.63, 3.8) is 0 Å². The average Bonchev–Trinajstić information content (AvgIpc) is 2.21. The number of rotatable bonds is 4. The van der Waals surface area contributed by atoms with E-state index < -0.39 is 0 Å². The fourth-order valence-corrected chi connectivity index (χ4v) is 1.31. The van der Waals surface area contributed by atoms with Gasteiger partial charge in [-0.1, -0.05) is 19.3 Å². The van der Waals surface area contributed by atoms with E-state index in [9.17, 15) is 0 Å². The maximum absolute atomic E-state index is 8.91. The van der Waals surface area contributed by atoms with Crippen LogP contribution in [0.5, 0.6) is 0 Å². The van der Waals surface area contributed by atoms with E-state index in [2.05, 4.69) is 4.74 Å². The Hall–Kier alpha value is -0.160. The zero-order valence-electron chi connectivity index (χ0n) is 8.69. The largest absolute Gasteiger partial charge is 0.394 e. The van der Waals surface area contributed by atoms with Gasteiger partial charge in [-0.25, -0.2) is 0 Å². The molecule has 0 radical (unpaired) electrons. The van der Waals surface area contributed by atoms with Gasteiger partial charge in [0.1, 0.15) is 0 Å². The molecule has 4 nitrogen and oxygen atoms in total. The molecule has 0 aromatic rings. The van der Waals surface area contributed by atoms with Gasteiger partial charge < -0.3 is 20.1 Å². The maximum Gasteiger partial charge on any atom is 0.0698 e. The van der Waals surface area contributed by atoms with Crippen LogP contribution in [0.25, 0.3) is 0 Å². The van der Waals surface area contributed by atoms with Gasteiger partial charge in [-0.2, -0.15) is 0 Å². The average molecular weight is 206 g/mol. The third kappa shape index (κ3) is 9.92. The predicted octanol–water partition coefficient (Wildman–Crippen LogP) is 0.299. The van der Waals surface area contributed by atoms with Gasteiger partial charge in [0.15, 0.2) is 0 Å². The van der Waals surface area contributed by atoms with Crippen LogP contribution in [0.3, 0.4) is 0 Å². The lowest BCUT2D eigenvalue weighted by atomic mass is 9.98. The Morgan fingerprint density at radius 2 is 1.43 bits per heavy atom. The van der Waals surface area contributed by atoms with E-state index in [1.165, 1.54) is 19.3 Å². The molecule has 14 heavy (non-hydrogen) atoms. The van der Waals surface area contributed by atoms with Gasteiger partial charge in [-0.3, -0.25) is 0 Å². The number of ether oxygens (including phenoxy) is 1. The lowest BCUT2D eigenvalue weighted by molar-refractivity contribution is 0.0650.